The molecule has 0 aliphatic carbocycles. The van der Waals surface area contributed by atoms with Crippen LogP contribution in [0.3, 0.4) is 0 Å². The van der Waals surface area contributed by atoms with Gasteiger partial charge in [0.1, 0.15) is 0 Å². The Morgan fingerprint density at radius 1 is 1.17 bits per heavy atom. The molecule has 2 heterocycles. The van der Waals surface area contributed by atoms with Crippen LogP contribution < -0.4 is 5.32 Å². The van der Waals surface area contributed by atoms with Crippen molar-refractivity contribution in [1.82, 2.24) is 9.97 Å². The van der Waals surface area contributed by atoms with E-state index in [9.17, 15) is 4.79 Å². The molecule has 3 rings (SSSR count). The first kappa shape index (κ1) is 15.4. The number of rotatable bonds is 5. The molecule has 4 nitrogen and oxygen atoms in total. The molecule has 0 saturated carbocycles. The SMILES string of the molecule is Cc1csc(NC(=O)C(Cc2ccncc2)c2ccccc2)n1. The van der Waals surface area contributed by atoms with Crippen molar-refractivity contribution in [3.05, 3.63) is 77.1 Å². The van der Waals surface area contributed by atoms with Crippen LogP contribution in [0.15, 0.2) is 60.2 Å². The van der Waals surface area contributed by atoms with Crippen molar-refractivity contribution in [2.24, 2.45) is 0 Å². The van der Waals surface area contributed by atoms with Crippen molar-refractivity contribution in [1.29, 1.82) is 0 Å². The molecule has 1 aromatic carbocycles. The molecule has 23 heavy (non-hydrogen) atoms. The van der Waals surface area contributed by atoms with Crippen LogP contribution in [0.1, 0.15) is 22.7 Å². The lowest BCUT2D eigenvalue weighted by Gasteiger charge is -2.16. The van der Waals surface area contributed by atoms with Crippen LogP contribution in [0.25, 0.3) is 0 Å². The van der Waals surface area contributed by atoms with Gasteiger partial charge in [-0.25, -0.2) is 4.98 Å². The summed E-state index contributed by atoms with van der Waals surface area (Å²) in [5, 5.41) is 5.50. The summed E-state index contributed by atoms with van der Waals surface area (Å²) in [4.78, 5) is 21.1. The number of carbonyl (C=O) groups excluding carboxylic acids is 1. The zero-order valence-electron chi connectivity index (χ0n) is 12.8. The fourth-order valence-electron chi connectivity index (χ4n) is 2.41. The van der Waals surface area contributed by atoms with Gasteiger partial charge in [0, 0.05) is 17.8 Å². The Kier molecular flexibility index (Phi) is 4.78. The van der Waals surface area contributed by atoms with Crippen molar-refractivity contribution < 1.29 is 4.79 Å². The molecule has 2 aromatic heterocycles. The van der Waals surface area contributed by atoms with Gasteiger partial charge in [-0.3, -0.25) is 9.78 Å². The second kappa shape index (κ2) is 7.15. The number of anilines is 1. The van der Waals surface area contributed by atoms with Crippen molar-refractivity contribution >= 4 is 22.4 Å². The molecule has 0 radical (unpaired) electrons. The molecule has 0 aliphatic rings. The van der Waals surface area contributed by atoms with Gasteiger partial charge < -0.3 is 5.32 Å². The van der Waals surface area contributed by atoms with Crippen LogP contribution in [-0.4, -0.2) is 15.9 Å². The highest BCUT2D eigenvalue weighted by Crippen LogP contribution is 2.24. The molecule has 1 atom stereocenters. The third-order valence-electron chi connectivity index (χ3n) is 3.56. The van der Waals surface area contributed by atoms with Gasteiger partial charge in [-0.05, 0) is 36.6 Å². The predicted molar refractivity (Wildman–Crippen MR) is 92.6 cm³/mol. The van der Waals surface area contributed by atoms with Crippen molar-refractivity contribution in [3.8, 4) is 0 Å². The summed E-state index contributed by atoms with van der Waals surface area (Å²) in [6, 6.07) is 13.7. The molecule has 0 saturated heterocycles. The van der Waals surface area contributed by atoms with E-state index in [0.29, 0.717) is 11.6 Å². The lowest BCUT2D eigenvalue weighted by Crippen LogP contribution is -2.23. The van der Waals surface area contributed by atoms with Gasteiger partial charge in [0.25, 0.3) is 0 Å². The lowest BCUT2D eigenvalue weighted by molar-refractivity contribution is -0.117. The number of hydrogen-bond donors (Lipinski definition) is 1. The van der Waals surface area contributed by atoms with Crippen molar-refractivity contribution in [3.63, 3.8) is 0 Å². The number of hydrogen-bond acceptors (Lipinski definition) is 4. The minimum Gasteiger partial charge on any atom is -0.301 e. The van der Waals surface area contributed by atoms with Crippen LogP contribution in [-0.2, 0) is 11.2 Å². The van der Waals surface area contributed by atoms with Gasteiger partial charge in [-0.2, -0.15) is 0 Å². The molecule has 116 valence electrons. The maximum Gasteiger partial charge on any atom is 0.234 e. The highest BCUT2D eigenvalue weighted by Gasteiger charge is 2.22. The van der Waals surface area contributed by atoms with E-state index in [4.69, 9.17) is 0 Å². The molecule has 5 heteroatoms. The minimum atomic E-state index is -0.261. The maximum absolute atomic E-state index is 12.8. The highest BCUT2D eigenvalue weighted by molar-refractivity contribution is 7.13. The number of aromatic nitrogens is 2. The molecule has 3 aromatic rings. The molecular weight excluding hydrogens is 306 g/mol. The van der Waals surface area contributed by atoms with E-state index in [0.717, 1.165) is 16.8 Å². The topological polar surface area (TPSA) is 54.9 Å². The van der Waals surface area contributed by atoms with E-state index >= 15 is 0 Å². The largest absolute Gasteiger partial charge is 0.301 e. The number of carbonyl (C=O) groups is 1. The molecule has 0 spiro atoms. The zero-order valence-corrected chi connectivity index (χ0v) is 13.6. The summed E-state index contributed by atoms with van der Waals surface area (Å²) < 4.78 is 0. The predicted octanol–water partition coefficient (Wildman–Crippen LogP) is 3.81. The summed E-state index contributed by atoms with van der Waals surface area (Å²) in [5.41, 5.74) is 2.99. The van der Waals surface area contributed by atoms with E-state index in [-0.39, 0.29) is 11.8 Å². The fraction of sp³-hybridized carbons (Fsp3) is 0.167. The summed E-state index contributed by atoms with van der Waals surface area (Å²) >= 11 is 1.44. The van der Waals surface area contributed by atoms with E-state index in [2.05, 4.69) is 15.3 Å². The normalized spacial score (nSPS) is 11.9. The van der Waals surface area contributed by atoms with Gasteiger partial charge in [0.2, 0.25) is 5.91 Å². The molecule has 1 unspecified atom stereocenters. The summed E-state index contributed by atoms with van der Waals surface area (Å²) in [6.07, 6.45) is 4.13. The monoisotopic (exact) mass is 323 g/mol. The molecular formula is C18H17N3OS. The molecule has 0 fully saturated rings. The number of nitrogens with zero attached hydrogens (tertiary/aromatic N) is 2. The van der Waals surface area contributed by atoms with Gasteiger partial charge >= 0.3 is 0 Å². The second-order valence-corrected chi connectivity index (χ2v) is 6.16. The average molecular weight is 323 g/mol. The number of aryl methyl sites for hydroxylation is 1. The Morgan fingerprint density at radius 2 is 1.91 bits per heavy atom. The second-order valence-electron chi connectivity index (χ2n) is 5.31. The third-order valence-corrected chi connectivity index (χ3v) is 4.43. The first-order valence-corrected chi connectivity index (χ1v) is 8.27. The standard InChI is InChI=1S/C18H17N3OS/c1-13-12-23-18(20-13)21-17(22)16(15-5-3-2-4-6-15)11-14-7-9-19-10-8-14/h2-10,12,16H,11H2,1H3,(H,20,21,22). The molecule has 1 N–H and O–H groups in total. The Morgan fingerprint density at radius 3 is 2.57 bits per heavy atom. The Hall–Kier alpha value is -2.53. The first-order valence-electron chi connectivity index (χ1n) is 7.39. The van der Waals surface area contributed by atoms with Crippen LogP contribution >= 0.6 is 11.3 Å². The van der Waals surface area contributed by atoms with Crippen LogP contribution in [0, 0.1) is 6.92 Å². The summed E-state index contributed by atoms with van der Waals surface area (Å²) in [7, 11) is 0. The van der Waals surface area contributed by atoms with E-state index in [1.807, 2.05) is 54.8 Å². The molecule has 0 aliphatic heterocycles. The minimum absolute atomic E-state index is 0.0395. The zero-order chi connectivity index (χ0) is 16.1. The van der Waals surface area contributed by atoms with Gasteiger partial charge in [0.15, 0.2) is 5.13 Å². The quantitative estimate of drug-likeness (QED) is 0.777. The highest BCUT2D eigenvalue weighted by atomic mass is 32.1. The number of nitrogens with one attached hydrogen (secondary N) is 1. The Labute approximate surface area is 139 Å². The van der Waals surface area contributed by atoms with Gasteiger partial charge in [-0.15, -0.1) is 11.3 Å². The molecule has 1 amide bonds. The van der Waals surface area contributed by atoms with E-state index < -0.39 is 0 Å². The number of amides is 1. The van der Waals surface area contributed by atoms with Gasteiger partial charge in [0.05, 0.1) is 11.6 Å². The van der Waals surface area contributed by atoms with E-state index in [1.54, 1.807) is 12.4 Å². The third kappa shape index (κ3) is 4.02. The van der Waals surface area contributed by atoms with Gasteiger partial charge in [-0.1, -0.05) is 30.3 Å². The first-order chi connectivity index (χ1) is 11.2. The van der Waals surface area contributed by atoms with Crippen LogP contribution in [0.4, 0.5) is 5.13 Å². The lowest BCUT2D eigenvalue weighted by atomic mass is 9.91. The van der Waals surface area contributed by atoms with Crippen LogP contribution in [0.2, 0.25) is 0 Å². The number of pyridine rings is 1. The van der Waals surface area contributed by atoms with Crippen LogP contribution in [0.5, 0.6) is 0 Å². The fourth-order valence-corrected chi connectivity index (χ4v) is 3.10. The Balaban J connectivity index is 1.84. The van der Waals surface area contributed by atoms with Crippen molar-refractivity contribution in [2.45, 2.75) is 19.3 Å². The van der Waals surface area contributed by atoms with E-state index in [1.165, 1.54) is 11.3 Å². The number of benzene rings is 1. The molecule has 0 bridgehead atoms. The summed E-state index contributed by atoms with van der Waals surface area (Å²) in [6.45, 7) is 1.91. The smallest absolute Gasteiger partial charge is 0.234 e. The average Bonchev–Trinajstić information content (AvgIpc) is 2.99. The maximum atomic E-state index is 12.8. The number of thiazole rings is 1. The van der Waals surface area contributed by atoms with Crippen molar-refractivity contribution in [2.75, 3.05) is 5.32 Å². The summed E-state index contributed by atoms with van der Waals surface area (Å²) in [5.74, 6) is -0.301. The Bertz CT molecular complexity index is 771.